The zero-order valence-electron chi connectivity index (χ0n) is 14.6. The van der Waals surface area contributed by atoms with E-state index >= 15 is 0 Å². The van der Waals surface area contributed by atoms with Gasteiger partial charge in [0, 0.05) is 5.56 Å². The van der Waals surface area contributed by atoms with Crippen LogP contribution in [0.5, 0.6) is 11.5 Å². The number of ether oxygens (including phenoxy) is 3. The second-order valence-electron chi connectivity index (χ2n) is 6.10. The van der Waals surface area contributed by atoms with Gasteiger partial charge in [-0.05, 0) is 41.3 Å². The molecule has 1 aliphatic rings. The number of hydrogen-bond acceptors (Lipinski definition) is 4. The lowest BCUT2D eigenvalue weighted by molar-refractivity contribution is 0.0601. The zero-order chi connectivity index (χ0) is 18.1. The van der Waals surface area contributed by atoms with Crippen molar-refractivity contribution in [2.24, 2.45) is 0 Å². The SMILES string of the molecule is COC(=O)c1cc2c(cc1-c1ccccc1-c1ccccc1C)OCO2. The van der Waals surface area contributed by atoms with E-state index in [1.54, 1.807) is 6.07 Å². The molecule has 1 aliphatic heterocycles. The Kier molecular flexibility index (Phi) is 4.09. The van der Waals surface area contributed by atoms with Gasteiger partial charge in [0.25, 0.3) is 0 Å². The van der Waals surface area contributed by atoms with Crippen LogP contribution in [0.4, 0.5) is 0 Å². The van der Waals surface area contributed by atoms with Crippen molar-refractivity contribution >= 4 is 5.97 Å². The van der Waals surface area contributed by atoms with Crippen LogP contribution in [0, 0.1) is 6.92 Å². The van der Waals surface area contributed by atoms with Crippen molar-refractivity contribution in [3.8, 4) is 33.8 Å². The summed E-state index contributed by atoms with van der Waals surface area (Å²) in [5.74, 6) is 0.785. The van der Waals surface area contributed by atoms with Crippen molar-refractivity contribution in [3.63, 3.8) is 0 Å². The Morgan fingerprint density at radius 2 is 1.42 bits per heavy atom. The van der Waals surface area contributed by atoms with Crippen LogP contribution in [0.2, 0.25) is 0 Å². The molecule has 0 atom stereocenters. The normalized spacial score (nSPS) is 12.1. The third-order valence-corrected chi connectivity index (χ3v) is 4.57. The van der Waals surface area contributed by atoms with Crippen molar-refractivity contribution < 1.29 is 19.0 Å². The number of benzene rings is 3. The van der Waals surface area contributed by atoms with E-state index in [0.717, 1.165) is 22.3 Å². The maximum Gasteiger partial charge on any atom is 0.338 e. The average Bonchev–Trinajstić information content (AvgIpc) is 3.14. The van der Waals surface area contributed by atoms with Gasteiger partial charge < -0.3 is 14.2 Å². The van der Waals surface area contributed by atoms with E-state index in [-0.39, 0.29) is 6.79 Å². The molecular formula is C22H18O4. The number of rotatable bonds is 3. The van der Waals surface area contributed by atoms with Gasteiger partial charge in [0.2, 0.25) is 6.79 Å². The lowest BCUT2D eigenvalue weighted by Gasteiger charge is -2.15. The van der Waals surface area contributed by atoms with E-state index in [9.17, 15) is 4.79 Å². The number of methoxy groups -OCH3 is 1. The highest BCUT2D eigenvalue weighted by Gasteiger charge is 2.23. The Labute approximate surface area is 152 Å². The second-order valence-corrected chi connectivity index (χ2v) is 6.10. The molecule has 0 bridgehead atoms. The molecule has 4 heteroatoms. The van der Waals surface area contributed by atoms with Gasteiger partial charge in [0.1, 0.15) is 0 Å². The summed E-state index contributed by atoms with van der Waals surface area (Å²) in [7, 11) is 1.38. The first kappa shape index (κ1) is 16.2. The zero-order valence-corrected chi connectivity index (χ0v) is 14.6. The maximum absolute atomic E-state index is 12.4. The Morgan fingerprint density at radius 3 is 2.08 bits per heavy atom. The first-order valence-corrected chi connectivity index (χ1v) is 8.36. The van der Waals surface area contributed by atoms with Gasteiger partial charge in [-0.25, -0.2) is 4.79 Å². The molecule has 3 aromatic rings. The van der Waals surface area contributed by atoms with E-state index in [4.69, 9.17) is 14.2 Å². The largest absolute Gasteiger partial charge is 0.465 e. The fourth-order valence-electron chi connectivity index (χ4n) is 3.27. The quantitative estimate of drug-likeness (QED) is 0.636. The molecule has 0 spiro atoms. The molecule has 0 unspecified atom stereocenters. The number of fused-ring (bicyclic) bond motifs is 1. The van der Waals surface area contributed by atoms with Gasteiger partial charge in [0.15, 0.2) is 11.5 Å². The molecule has 0 saturated carbocycles. The van der Waals surface area contributed by atoms with E-state index in [2.05, 4.69) is 25.1 Å². The van der Waals surface area contributed by atoms with Crippen LogP contribution >= 0.6 is 0 Å². The highest BCUT2D eigenvalue weighted by atomic mass is 16.7. The third kappa shape index (κ3) is 2.69. The van der Waals surface area contributed by atoms with Crippen LogP contribution in [0.3, 0.4) is 0 Å². The van der Waals surface area contributed by atoms with Crippen molar-refractivity contribution in [2.45, 2.75) is 6.92 Å². The highest BCUT2D eigenvalue weighted by molar-refractivity contribution is 6.01. The van der Waals surface area contributed by atoms with Gasteiger partial charge >= 0.3 is 5.97 Å². The number of aryl methyl sites for hydroxylation is 1. The lowest BCUT2D eigenvalue weighted by Crippen LogP contribution is -2.04. The van der Waals surface area contributed by atoms with Gasteiger partial charge in [-0.15, -0.1) is 0 Å². The minimum Gasteiger partial charge on any atom is -0.465 e. The van der Waals surface area contributed by atoms with Crippen LogP contribution in [0.15, 0.2) is 60.7 Å². The summed E-state index contributed by atoms with van der Waals surface area (Å²) in [6, 6.07) is 19.8. The summed E-state index contributed by atoms with van der Waals surface area (Å²) >= 11 is 0. The fourth-order valence-corrected chi connectivity index (χ4v) is 3.27. The van der Waals surface area contributed by atoms with Crippen LogP contribution in [0.1, 0.15) is 15.9 Å². The Balaban J connectivity index is 1.97. The summed E-state index contributed by atoms with van der Waals surface area (Å²) in [4.78, 5) is 12.4. The highest BCUT2D eigenvalue weighted by Crippen LogP contribution is 2.42. The standard InChI is InChI=1S/C22H18O4/c1-14-7-3-4-8-15(14)16-9-5-6-10-17(16)18-11-20-21(26-13-25-20)12-19(18)22(23)24-2/h3-12H,13H2,1-2H3. The van der Waals surface area contributed by atoms with Crippen molar-refractivity contribution in [1.82, 2.24) is 0 Å². The topological polar surface area (TPSA) is 44.8 Å². The first-order valence-electron chi connectivity index (χ1n) is 8.36. The molecule has 1 heterocycles. The minimum atomic E-state index is -0.405. The van der Waals surface area contributed by atoms with Gasteiger partial charge in [-0.3, -0.25) is 0 Å². The van der Waals surface area contributed by atoms with Crippen LogP contribution in [-0.2, 0) is 4.74 Å². The van der Waals surface area contributed by atoms with Gasteiger partial charge in [-0.1, -0.05) is 48.5 Å². The Morgan fingerprint density at radius 1 is 0.846 bits per heavy atom. The number of esters is 1. The first-order chi connectivity index (χ1) is 12.7. The van der Waals surface area contributed by atoms with Crippen molar-refractivity contribution in [3.05, 3.63) is 71.8 Å². The van der Waals surface area contributed by atoms with Crippen molar-refractivity contribution in [1.29, 1.82) is 0 Å². The molecule has 130 valence electrons. The van der Waals surface area contributed by atoms with Crippen LogP contribution in [-0.4, -0.2) is 19.9 Å². The number of hydrogen-bond donors (Lipinski definition) is 0. The minimum absolute atomic E-state index is 0.152. The molecule has 26 heavy (non-hydrogen) atoms. The predicted octanol–water partition coefficient (Wildman–Crippen LogP) is 4.84. The van der Waals surface area contributed by atoms with Crippen LogP contribution < -0.4 is 9.47 Å². The maximum atomic E-state index is 12.4. The fraction of sp³-hybridized carbons (Fsp3) is 0.136. The molecule has 0 aliphatic carbocycles. The molecular weight excluding hydrogens is 328 g/mol. The summed E-state index contributed by atoms with van der Waals surface area (Å²) in [5.41, 5.74) is 5.50. The summed E-state index contributed by atoms with van der Waals surface area (Å²) in [6.45, 7) is 2.23. The monoisotopic (exact) mass is 346 g/mol. The molecule has 4 nitrogen and oxygen atoms in total. The lowest BCUT2D eigenvalue weighted by atomic mass is 9.90. The van der Waals surface area contributed by atoms with E-state index in [0.29, 0.717) is 17.1 Å². The summed E-state index contributed by atoms with van der Waals surface area (Å²) < 4.78 is 15.9. The van der Waals surface area contributed by atoms with E-state index < -0.39 is 5.97 Å². The number of carbonyl (C=O) groups excluding carboxylic acids is 1. The van der Waals surface area contributed by atoms with E-state index in [1.165, 1.54) is 12.7 Å². The molecule has 0 fully saturated rings. The molecule has 0 aromatic heterocycles. The summed E-state index contributed by atoms with van der Waals surface area (Å²) in [5, 5.41) is 0. The average molecular weight is 346 g/mol. The molecule has 0 saturated heterocycles. The summed E-state index contributed by atoms with van der Waals surface area (Å²) in [6.07, 6.45) is 0. The van der Waals surface area contributed by atoms with Crippen molar-refractivity contribution in [2.75, 3.05) is 13.9 Å². The number of carbonyl (C=O) groups is 1. The Hall–Kier alpha value is -3.27. The molecule has 0 N–H and O–H groups in total. The smallest absolute Gasteiger partial charge is 0.338 e. The molecule has 0 amide bonds. The Bertz CT molecular complexity index is 991. The predicted molar refractivity (Wildman–Crippen MR) is 99.5 cm³/mol. The van der Waals surface area contributed by atoms with E-state index in [1.807, 2.05) is 36.4 Å². The molecule has 4 rings (SSSR count). The second kappa shape index (κ2) is 6.56. The molecule has 3 aromatic carbocycles. The molecule has 0 radical (unpaired) electrons. The third-order valence-electron chi connectivity index (χ3n) is 4.57. The van der Waals surface area contributed by atoms with Gasteiger partial charge in [-0.2, -0.15) is 0 Å². The van der Waals surface area contributed by atoms with Crippen LogP contribution in [0.25, 0.3) is 22.3 Å². The van der Waals surface area contributed by atoms with Gasteiger partial charge in [0.05, 0.1) is 12.7 Å².